The zero-order valence-electron chi connectivity index (χ0n) is 11.4. The Kier molecular flexibility index (Phi) is 3.97. The number of halogens is 1. The lowest BCUT2D eigenvalue weighted by molar-refractivity contribution is -0.385. The van der Waals surface area contributed by atoms with Crippen LogP contribution in [0.2, 0.25) is 0 Å². The normalized spacial score (nSPS) is 22.3. The van der Waals surface area contributed by atoms with Crippen molar-refractivity contribution in [3.63, 3.8) is 0 Å². The van der Waals surface area contributed by atoms with Crippen molar-refractivity contribution in [1.29, 1.82) is 0 Å². The number of rotatable bonds is 4. The van der Waals surface area contributed by atoms with E-state index in [2.05, 4.69) is 42.0 Å². The molecule has 2 atom stereocenters. The van der Waals surface area contributed by atoms with Crippen LogP contribution in [0.25, 0.3) is 0 Å². The van der Waals surface area contributed by atoms with Crippen molar-refractivity contribution in [3.8, 4) is 0 Å². The Morgan fingerprint density at radius 3 is 2.74 bits per heavy atom. The van der Waals surface area contributed by atoms with Crippen LogP contribution in [0, 0.1) is 16.0 Å². The van der Waals surface area contributed by atoms with Crippen molar-refractivity contribution in [3.05, 3.63) is 38.3 Å². The molecule has 2 unspecified atom stereocenters. The largest absolute Gasteiger partial charge is 0.312 e. The smallest absolute Gasteiger partial charge is 0.274 e. The molecule has 5 heteroatoms. The Bertz CT molecular complexity index is 497. The highest BCUT2D eigenvalue weighted by Crippen LogP contribution is 2.50. The van der Waals surface area contributed by atoms with Crippen LogP contribution in [0.3, 0.4) is 0 Å². The van der Waals surface area contributed by atoms with Gasteiger partial charge in [0.1, 0.15) is 0 Å². The highest BCUT2D eigenvalue weighted by Gasteiger charge is 2.41. The van der Waals surface area contributed by atoms with Gasteiger partial charge in [-0.2, -0.15) is 0 Å². The number of nitro benzene ring substituents is 1. The number of nitrogens with one attached hydrogen (secondary N) is 1. The van der Waals surface area contributed by atoms with Crippen molar-refractivity contribution in [2.24, 2.45) is 5.92 Å². The molecular weight excluding hydrogens is 308 g/mol. The number of nitrogens with zero attached hydrogens (tertiary/aromatic N) is 1. The fraction of sp³-hybridized carbons (Fsp3) is 0.571. The first-order valence-electron chi connectivity index (χ1n) is 6.47. The van der Waals surface area contributed by atoms with E-state index in [1.807, 2.05) is 12.1 Å². The van der Waals surface area contributed by atoms with Gasteiger partial charge in [0.2, 0.25) is 0 Å². The maximum Gasteiger partial charge on any atom is 0.274 e. The summed E-state index contributed by atoms with van der Waals surface area (Å²) in [5.41, 5.74) is 1.20. The van der Waals surface area contributed by atoms with Crippen molar-refractivity contribution >= 4 is 21.6 Å². The van der Waals surface area contributed by atoms with Crippen molar-refractivity contribution in [1.82, 2.24) is 5.32 Å². The van der Waals surface area contributed by atoms with E-state index in [1.54, 1.807) is 6.07 Å². The van der Waals surface area contributed by atoms with Crippen LogP contribution in [0.4, 0.5) is 5.69 Å². The number of nitro groups is 1. The van der Waals surface area contributed by atoms with Gasteiger partial charge >= 0.3 is 0 Å². The van der Waals surface area contributed by atoms with Gasteiger partial charge in [-0.1, -0.05) is 22.0 Å². The first-order valence-corrected chi connectivity index (χ1v) is 7.26. The second kappa shape index (κ2) is 5.21. The Morgan fingerprint density at radius 2 is 2.16 bits per heavy atom. The van der Waals surface area contributed by atoms with Gasteiger partial charge in [0.05, 0.1) is 4.92 Å². The zero-order valence-corrected chi connectivity index (χ0v) is 13.0. The van der Waals surface area contributed by atoms with Gasteiger partial charge in [0.15, 0.2) is 0 Å². The zero-order chi connectivity index (χ0) is 14.2. The van der Waals surface area contributed by atoms with E-state index in [0.717, 1.165) is 23.0 Å². The molecule has 0 heterocycles. The summed E-state index contributed by atoms with van der Waals surface area (Å²) in [5, 5.41) is 14.6. The molecular formula is C14H19BrN2O2. The standard InChI is InChI=1S/C14H19BrN2O2/c1-14(2,3)16-8-9-6-12(9)11-5-4-10(15)7-13(11)17(18)19/h4-5,7,9,12,16H,6,8H2,1-3H3. The quantitative estimate of drug-likeness (QED) is 0.675. The second-order valence-corrected chi connectivity index (χ2v) is 7.11. The minimum absolute atomic E-state index is 0.0960. The first kappa shape index (κ1) is 14.5. The Morgan fingerprint density at radius 1 is 1.47 bits per heavy atom. The van der Waals surface area contributed by atoms with Crippen LogP contribution in [-0.4, -0.2) is 17.0 Å². The fourth-order valence-corrected chi connectivity index (χ4v) is 2.63. The van der Waals surface area contributed by atoms with Crippen LogP contribution in [0.1, 0.15) is 38.7 Å². The van der Waals surface area contributed by atoms with Gasteiger partial charge in [-0.25, -0.2) is 0 Å². The van der Waals surface area contributed by atoms with Gasteiger partial charge in [0, 0.05) is 21.6 Å². The van der Waals surface area contributed by atoms with Crippen LogP contribution < -0.4 is 5.32 Å². The maximum atomic E-state index is 11.1. The third-order valence-electron chi connectivity index (χ3n) is 3.41. The van der Waals surface area contributed by atoms with E-state index in [0.29, 0.717) is 11.8 Å². The molecule has 1 aliphatic carbocycles. The van der Waals surface area contributed by atoms with E-state index in [9.17, 15) is 10.1 Å². The molecule has 1 fully saturated rings. The van der Waals surface area contributed by atoms with Crippen LogP contribution >= 0.6 is 15.9 Å². The summed E-state index contributed by atoms with van der Waals surface area (Å²) in [6.45, 7) is 7.31. The van der Waals surface area contributed by atoms with E-state index in [-0.39, 0.29) is 16.1 Å². The summed E-state index contributed by atoms with van der Waals surface area (Å²) in [6, 6.07) is 5.36. The predicted octanol–water partition coefficient (Wildman–Crippen LogP) is 3.85. The molecule has 0 saturated heterocycles. The first-order chi connectivity index (χ1) is 8.78. The van der Waals surface area contributed by atoms with Crippen LogP contribution in [0.5, 0.6) is 0 Å². The van der Waals surface area contributed by atoms with Crippen molar-refractivity contribution in [2.75, 3.05) is 6.54 Å². The molecule has 0 aliphatic heterocycles. The molecule has 0 bridgehead atoms. The molecule has 4 nitrogen and oxygen atoms in total. The van der Waals surface area contributed by atoms with Crippen molar-refractivity contribution < 1.29 is 4.92 Å². The Hall–Kier alpha value is -0.940. The summed E-state index contributed by atoms with van der Waals surface area (Å²) in [6.07, 6.45) is 1.03. The molecule has 0 aromatic heterocycles. The molecule has 0 spiro atoms. The molecule has 0 radical (unpaired) electrons. The monoisotopic (exact) mass is 326 g/mol. The third kappa shape index (κ3) is 3.76. The van der Waals surface area contributed by atoms with Crippen LogP contribution in [0.15, 0.2) is 22.7 Å². The van der Waals surface area contributed by atoms with E-state index < -0.39 is 0 Å². The average Bonchev–Trinajstić information content (AvgIpc) is 3.04. The lowest BCUT2D eigenvalue weighted by Crippen LogP contribution is -2.37. The summed E-state index contributed by atoms with van der Waals surface area (Å²) in [7, 11) is 0. The van der Waals surface area contributed by atoms with Gasteiger partial charge in [0.25, 0.3) is 5.69 Å². The maximum absolute atomic E-state index is 11.1. The Balaban J connectivity index is 2.07. The molecule has 1 N–H and O–H groups in total. The molecule has 1 aromatic rings. The van der Waals surface area contributed by atoms with Crippen LogP contribution in [-0.2, 0) is 0 Å². The van der Waals surface area contributed by atoms with E-state index in [1.165, 1.54) is 0 Å². The second-order valence-electron chi connectivity index (χ2n) is 6.19. The summed E-state index contributed by atoms with van der Waals surface area (Å²) in [4.78, 5) is 10.8. The minimum atomic E-state index is -0.285. The molecule has 2 rings (SSSR count). The molecule has 19 heavy (non-hydrogen) atoms. The lowest BCUT2D eigenvalue weighted by atomic mass is 10.1. The summed E-state index contributed by atoms with van der Waals surface area (Å²) >= 11 is 3.29. The predicted molar refractivity (Wildman–Crippen MR) is 79.4 cm³/mol. The molecule has 1 saturated carbocycles. The highest BCUT2D eigenvalue weighted by atomic mass is 79.9. The highest BCUT2D eigenvalue weighted by molar-refractivity contribution is 9.10. The Labute approximate surface area is 121 Å². The minimum Gasteiger partial charge on any atom is -0.312 e. The lowest BCUT2D eigenvalue weighted by Gasteiger charge is -2.20. The van der Waals surface area contributed by atoms with E-state index >= 15 is 0 Å². The van der Waals surface area contributed by atoms with Gasteiger partial charge in [-0.15, -0.1) is 0 Å². The number of hydrogen-bond acceptors (Lipinski definition) is 3. The summed E-state index contributed by atoms with van der Waals surface area (Å²) < 4.78 is 0.757. The third-order valence-corrected chi connectivity index (χ3v) is 3.90. The molecule has 0 amide bonds. The fourth-order valence-electron chi connectivity index (χ4n) is 2.28. The van der Waals surface area contributed by atoms with Crippen molar-refractivity contribution in [2.45, 2.75) is 38.6 Å². The van der Waals surface area contributed by atoms with Gasteiger partial charge in [-0.05, 0) is 51.6 Å². The number of benzene rings is 1. The average molecular weight is 327 g/mol. The van der Waals surface area contributed by atoms with Gasteiger partial charge < -0.3 is 5.32 Å². The SMILES string of the molecule is CC(C)(C)NCC1CC1c1ccc(Br)cc1[N+](=O)[O-]. The molecule has 104 valence electrons. The van der Waals surface area contributed by atoms with Gasteiger partial charge in [-0.3, -0.25) is 10.1 Å². The molecule has 1 aliphatic rings. The number of hydrogen-bond donors (Lipinski definition) is 1. The topological polar surface area (TPSA) is 55.2 Å². The van der Waals surface area contributed by atoms with E-state index in [4.69, 9.17) is 0 Å². The molecule has 1 aromatic carbocycles. The summed E-state index contributed by atoms with van der Waals surface area (Å²) in [5.74, 6) is 0.836.